The summed E-state index contributed by atoms with van der Waals surface area (Å²) in [7, 11) is 1.60. The first-order valence-electron chi connectivity index (χ1n) is 8.17. The summed E-state index contributed by atoms with van der Waals surface area (Å²) in [6, 6.07) is 13.6. The van der Waals surface area contributed by atoms with Crippen molar-refractivity contribution in [1.82, 2.24) is 5.32 Å². The van der Waals surface area contributed by atoms with Crippen LogP contribution < -0.4 is 14.8 Å². The van der Waals surface area contributed by atoms with Crippen LogP contribution in [0.2, 0.25) is 5.02 Å². The highest BCUT2D eigenvalue weighted by atomic mass is 35.5. The molecule has 25 heavy (non-hydrogen) atoms. The molecule has 0 saturated carbocycles. The first-order valence-corrected chi connectivity index (χ1v) is 8.55. The average Bonchev–Trinajstić information content (AvgIpc) is 2.64. The van der Waals surface area contributed by atoms with Gasteiger partial charge in [0.2, 0.25) is 0 Å². The number of rotatable bonds is 11. The summed E-state index contributed by atoms with van der Waals surface area (Å²) >= 11 is 6.18. The lowest BCUT2D eigenvalue weighted by Crippen LogP contribution is -2.20. The zero-order chi connectivity index (χ0) is 17.9. The molecule has 2 aromatic carbocycles. The minimum atomic E-state index is 0.0307. The summed E-state index contributed by atoms with van der Waals surface area (Å²) in [5.74, 6) is 1.29. The van der Waals surface area contributed by atoms with E-state index in [0.29, 0.717) is 49.4 Å². The number of hydrogen-bond acceptors (Lipinski definition) is 5. The molecule has 0 radical (unpaired) electrons. The molecule has 0 amide bonds. The molecule has 2 aromatic rings. The van der Waals surface area contributed by atoms with Gasteiger partial charge in [-0.2, -0.15) is 0 Å². The van der Waals surface area contributed by atoms with E-state index < -0.39 is 0 Å². The molecule has 0 aliphatic carbocycles. The van der Waals surface area contributed by atoms with E-state index in [0.717, 1.165) is 11.1 Å². The molecule has 0 unspecified atom stereocenters. The van der Waals surface area contributed by atoms with E-state index in [4.69, 9.17) is 30.9 Å². The summed E-state index contributed by atoms with van der Waals surface area (Å²) in [6.07, 6.45) is 0. The van der Waals surface area contributed by atoms with Crippen LogP contribution in [0.4, 0.5) is 0 Å². The lowest BCUT2D eigenvalue weighted by molar-refractivity contribution is 0.0937. The Hall–Kier alpha value is -1.79. The molecule has 0 aromatic heterocycles. The van der Waals surface area contributed by atoms with E-state index >= 15 is 0 Å². The molecule has 2 N–H and O–H groups in total. The number of methoxy groups -OCH3 is 1. The highest BCUT2D eigenvalue weighted by molar-refractivity contribution is 6.30. The van der Waals surface area contributed by atoms with Crippen LogP contribution in [0.3, 0.4) is 0 Å². The molecule has 0 bridgehead atoms. The number of halogens is 1. The van der Waals surface area contributed by atoms with Crippen molar-refractivity contribution < 1.29 is 19.3 Å². The van der Waals surface area contributed by atoms with E-state index in [1.165, 1.54) is 0 Å². The van der Waals surface area contributed by atoms with Crippen molar-refractivity contribution in [3.8, 4) is 11.5 Å². The van der Waals surface area contributed by atoms with Crippen molar-refractivity contribution in [3.63, 3.8) is 0 Å². The predicted molar refractivity (Wildman–Crippen MR) is 98.4 cm³/mol. The standard InChI is InChI=1S/C19H24ClNO4/c1-23-18-12-17(20)11-16(13-21-7-9-24-10-8-22)19(18)25-14-15-5-3-2-4-6-15/h2-6,11-12,21-22H,7-10,13-14H2,1H3. The van der Waals surface area contributed by atoms with Crippen LogP contribution in [0, 0.1) is 0 Å². The molecule has 0 atom stereocenters. The van der Waals surface area contributed by atoms with Crippen LogP contribution in [-0.2, 0) is 17.9 Å². The van der Waals surface area contributed by atoms with E-state index in [1.54, 1.807) is 13.2 Å². The van der Waals surface area contributed by atoms with Gasteiger partial charge in [0.15, 0.2) is 11.5 Å². The smallest absolute Gasteiger partial charge is 0.166 e. The highest BCUT2D eigenvalue weighted by Gasteiger charge is 2.13. The highest BCUT2D eigenvalue weighted by Crippen LogP contribution is 2.35. The number of ether oxygens (including phenoxy) is 3. The third-order valence-electron chi connectivity index (χ3n) is 3.52. The fourth-order valence-corrected chi connectivity index (χ4v) is 2.56. The second kappa shape index (κ2) is 10.9. The van der Waals surface area contributed by atoms with Gasteiger partial charge in [0.05, 0.1) is 26.9 Å². The second-order valence-electron chi connectivity index (χ2n) is 5.38. The van der Waals surface area contributed by atoms with Gasteiger partial charge in [0.1, 0.15) is 6.61 Å². The van der Waals surface area contributed by atoms with Gasteiger partial charge in [-0.25, -0.2) is 0 Å². The third-order valence-corrected chi connectivity index (χ3v) is 3.73. The minimum absolute atomic E-state index is 0.0307. The number of hydrogen-bond donors (Lipinski definition) is 2. The Bertz CT molecular complexity index is 637. The molecule has 0 spiro atoms. The van der Waals surface area contributed by atoms with Gasteiger partial charge in [0, 0.05) is 29.7 Å². The Balaban J connectivity index is 2.02. The van der Waals surface area contributed by atoms with Crippen LogP contribution in [0.5, 0.6) is 11.5 Å². The SMILES string of the molecule is COc1cc(Cl)cc(CNCCOCCO)c1OCc1ccccc1. The quantitative estimate of drug-likeness (QED) is 0.599. The van der Waals surface area contributed by atoms with Crippen LogP contribution in [-0.4, -0.2) is 38.6 Å². The molecule has 5 nitrogen and oxygen atoms in total. The van der Waals surface area contributed by atoms with Crippen molar-refractivity contribution in [3.05, 3.63) is 58.6 Å². The van der Waals surface area contributed by atoms with Gasteiger partial charge < -0.3 is 24.6 Å². The maximum atomic E-state index is 8.69. The summed E-state index contributed by atoms with van der Waals surface area (Å²) < 4.78 is 16.7. The first kappa shape index (κ1) is 19.5. The van der Waals surface area contributed by atoms with Crippen LogP contribution in [0.15, 0.2) is 42.5 Å². The minimum Gasteiger partial charge on any atom is -0.493 e. The van der Waals surface area contributed by atoms with Crippen molar-refractivity contribution >= 4 is 11.6 Å². The van der Waals surface area contributed by atoms with E-state index in [1.807, 2.05) is 36.4 Å². The molecule has 136 valence electrons. The van der Waals surface area contributed by atoms with Crippen LogP contribution in [0.25, 0.3) is 0 Å². The number of nitrogens with one attached hydrogen (secondary N) is 1. The van der Waals surface area contributed by atoms with Crippen LogP contribution in [0.1, 0.15) is 11.1 Å². The maximum absolute atomic E-state index is 8.69. The Morgan fingerprint density at radius 3 is 2.64 bits per heavy atom. The zero-order valence-electron chi connectivity index (χ0n) is 14.3. The average molecular weight is 366 g/mol. The number of benzene rings is 2. The molecule has 0 heterocycles. The van der Waals surface area contributed by atoms with E-state index in [2.05, 4.69) is 5.32 Å². The Kier molecular flexibility index (Phi) is 8.55. The molecule has 6 heteroatoms. The summed E-state index contributed by atoms with van der Waals surface area (Å²) in [5.41, 5.74) is 2.00. The normalized spacial score (nSPS) is 10.7. The molecule has 2 rings (SSSR count). The van der Waals surface area contributed by atoms with Gasteiger partial charge in [-0.3, -0.25) is 0 Å². The molecule has 0 fully saturated rings. The van der Waals surface area contributed by atoms with Crippen molar-refractivity contribution in [2.75, 3.05) is 33.5 Å². The monoisotopic (exact) mass is 365 g/mol. The largest absolute Gasteiger partial charge is 0.493 e. The van der Waals surface area contributed by atoms with Gasteiger partial charge in [-0.15, -0.1) is 0 Å². The van der Waals surface area contributed by atoms with Gasteiger partial charge in [-0.1, -0.05) is 41.9 Å². The fourth-order valence-electron chi connectivity index (χ4n) is 2.33. The Morgan fingerprint density at radius 2 is 1.92 bits per heavy atom. The maximum Gasteiger partial charge on any atom is 0.166 e. The van der Waals surface area contributed by atoms with Gasteiger partial charge >= 0.3 is 0 Å². The summed E-state index contributed by atoms with van der Waals surface area (Å²) in [5, 5.41) is 12.6. The lowest BCUT2D eigenvalue weighted by Gasteiger charge is -2.16. The van der Waals surface area contributed by atoms with Gasteiger partial charge in [0.25, 0.3) is 0 Å². The molecular weight excluding hydrogens is 342 g/mol. The Morgan fingerprint density at radius 1 is 1.12 bits per heavy atom. The molecule has 0 aliphatic heterocycles. The predicted octanol–water partition coefficient (Wildman–Crippen LogP) is 3.03. The zero-order valence-corrected chi connectivity index (χ0v) is 15.1. The van der Waals surface area contributed by atoms with E-state index in [-0.39, 0.29) is 6.61 Å². The van der Waals surface area contributed by atoms with Crippen molar-refractivity contribution in [1.29, 1.82) is 0 Å². The second-order valence-corrected chi connectivity index (χ2v) is 5.82. The third kappa shape index (κ3) is 6.55. The lowest BCUT2D eigenvalue weighted by atomic mass is 10.1. The fraction of sp³-hybridized carbons (Fsp3) is 0.368. The topological polar surface area (TPSA) is 60.0 Å². The van der Waals surface area contributed by atoms with Gasteiger partial charge in [-0.05, 0) is 11.6 Å². The summed E-state index contributed by atoms with van der Waals surface area (Å²) in [4.78, 5) is 0. The molecule has 0 aliphatic rings. The van der Waals surface area contributed by atoms with E-state index in [9.17, 15) is 0 Å². The van der Waals surface area contributed by atoms with Crippen molar-refractivity contribution in [2.45, 2.75) is 13.2 Å². The number of aliphatic hydroxyl groups excluding tert-OH is 1. The Labute approximate surface area is 153 Å². The first-order chi connectivity index (χ1) is 12.2. The number of aliphatic hydroxyl groups is 1. The molecular formula is C19H24ClNO4. The molecule has 0 saturated heterocycles. The van der Waals surface area contributed by atoms with Crippen molar-refractivity contribution in [2.24, 2.45) is 0 Å². The summed E-state index contributed by atoms with van der Waals surface area (Å²) in [6.45, 7) is 2.58. The van der Waals surface area contributed by atoms with Crippen LogP contribution >= 0.6 is 11.6 Å².